The highest BCUT2D eigenvalue weighted by molar-refractivity contribution is 5.61. The maximum absolute atomic E-state index is 12.7. The molecule has 0 radical (unpaired) electrons. The fourth-order valence-electron chi connectivity index (χ4n) is 3.06. The van der Waals surface area contributed by atoms with Crippen LogP contribution in [0, 0.1) is 13.8 Å². The van der Waals surface area contributed by atoms with Crippen molar-refractivity contribution in [2.75, 3.05) is 20.7 Å². The molecule has 0 spiro atoms. The zero-order valence-electron chi connectivity index (χ0n) is 17.2. The van der Waals surface area contributed by atoms with Crippen molar-refractivity contribution in [3.05, 3.63) is 46.7 Å². The molecule has 0 bridgehead atoms. The van der Waals surface area contributed by atoms with E-state index in [4.69, 9.17) is 9.26 Å². The average Bonchev–Trinajstić information content (AvgIpc) is 3.29. The number of rotatable bonds is 8. The van der Waals surface area contributed by atoms with Gasteiger partial charge in [-0.2, -0.15) is 18.2 Å². The van der Waals surface area contributed by atoms with E-state index in [0.717, 1.165) is 35.5 Å². The first-order valence-corrected chi connectivity index (χ1v) is 9.38. The van der Waals surface area contributed by atoms with E-state index in [1.54, 1.807) is 12.1 Å². The van der Waals surface area contributed by atoms with Crippen LogP contribution in [0.5, 0.6) is 5.75 Å². The summed E-state index contributed by atoms with van der Waals surface area (Å²) in [6.45, 7) is 4.82. The van der Waals surface area contributed by atoms with Crippen LogP contribution in [0.15, 0.2) is 27.2 Å². The molecule has 30 heavy (non-hydrogen) atoms. The number of alkyl halides is 3. The first kappa shape index (κ1) is 21.8. The van der Waals surface area contributed by atoms with Crippen molar-refractivity contribution < 1.29 is 27.0 Å². The molecule has 0 saturated heterocycles. The number of benzene rings is 1. The fourth-order valence-corrected chi connectivity index (χ4v) is 3.06. The molecule has 0 unspecified atom stereocenters. The summed E-state index contributed by atoms with van der Waals surface area (Å²) in [5.74, 6) is 0.00850. The minimum Gasteiger partial charge on any atom is -0.493 e. The molecule has 162 valence electrons. The van der Waals surface area contributed by atoms with Crippen LogP contribution >= 0.6 is 0 Å². The fraction of sp³-hybridized carbons (Fsp3) is 0.450. The highest BCUT2D eigenvalue weighted by atomic mass is 19.4. The van der Waals surface area contributed by atoms with Gasteiger partial charge in [0.25, 0.3) is 0 Å². The molecular weight excluding hydrogens is 401 g/mol. The summed E-state index contributed by atoms with van der Waals surface area (Å²) in [4.78, 5) is 5.44. The molecule has 3 rings (SSSR count). The number of halogens is 3. The van der Waals surface area contributed by atoms with Crippen LogP contribution in [0.1, 0.15) is 34.9 Å². The standard InChI is InChI=1S/C20H23F3N4O3/c1-12-8-14(18-24-19(30-26-18)20(21,22)23)9-13(2)17(12)28-7-5-6-16-10-15(25-29-16)11-27(3)4/h8-10H,5-7,11H2,1-4H3. The second-order valence-electron chi connectivity index (χ2n) is 7.33. The van der Waals surface area contributed by atoms with Crippen LogP contribution in [0.4, 0.5) is 13.2 Å². The lowest BCUT2D eigenvalue weighted by Gasteiger charge is -2.13. The van der Waals surface area contributed by atoms with E-state index in [1.165, 1.54) is 0 Å². The first-order valence-electron chi connectivity index (χ1n) is 9.38. The van der Waals surface area contributed by atoms with Crippen LogP contribution in [0.25, 0.3) is 11.4 Å². The molecular formula is C20H23F3N4O3. The summed E-state index contributed by atoms with van der Waals surface area (Å²) in [6.07, 6.45) is -3.24. The summed E-state index contributed by atoms with van der Waals surface area (Å²) in [6, 6.07) is 5.29. The number of hydrogen-bond acceptors (Lipinski definition) is 7. The molecule has 0 N–H and O–H groups in total. The first-order chi connectivity index (χ1) is 14.1. The van der Waals surface area contributed by atoms with Gasteiger partial charge in [0.2, 0.25) is 5.82 Å². The quantitative estimate of drug-likeness (QED) is 0.495. The Hall–Kier alpha value is -2.88. The predicted octanol–water partition coefficient (Wildman–Crippen LogP) is 4.43. The summed E-state index contributed by atoms with van der Waals surface area (Å²) in [5, 5.41) is 7.46. The Kier molecular flexibility index (Phi) is 6.45. The smallest absolute Gasteiger partial charge is 0.471 e. The minimum atomic E-state index is -4.67. The van der Waals surface area contributed by atoms with Crippen LogP contribution in [-0.2, 0) is 19.1 Å². The number of hydrogen-bond donors (Lipinski definition) is 0. The van der Waals surface area contributed by atoms with E-state index in [9.17, 15) is 13.2 Å². The van der Waals surface area contributed by atoms with E-state index >= 15 is 0 Å². The van der Waals surface area contributed by atoms with Gasteiger partial charge >= 0.3 is 12.1 Å². The Bertz CT molecular complexity index is 972. The van der Waals surface area contributed by atoms with Gasteiger partial charge in [0.15, 0.2) is 0 Å². The Morgan fingerprint density at radius 3 is 2.33 bits per heavy atom. The predicted molar refractivity (Wildman–Crippen MR) is 102 cm³/mol. The van der Waals surface area contributed by atoms with Gasteiger partial charge < -0.3 is 18.7 Å². The molecule has 10 heteroatoms. The van der Waals surface area contributed by atoms with Crippen molar-refractivity contribution in [3.8, 4) is 17.1 Å². The third-order valence-electron chi connectivity index (χ3n) is 4.29. The van der Waals surface area contributed by atoms with Gasteiger partial charge in [0.1, 0.15) is 11.5 Å². The van der Waals surface area contributed by atoms with E-state index in [2.05, 4.69) is 19.8 Å². The summed E-state index contributed by atoms with van der Waals surface area (Å²) in [5.41, 5.74) is 2.87. The van der Waals surface area contributed by atoms with Crippen molar-refractivity contribution >= 4 is 0 Å². The van der Waals surface area contributed by atoms with Crippen molar-refractivity contribution in [1.29, 1.82) is 0 Å². The molecule has 0 aliphatic carbocycles. The van der Waals surface area contributed by atoms with Crippen molar-refractivity contribution in [2.24, 2.45) is 0 Å². The van der Waals surface area contributed by atoms with Gasteiger partial charge in [-0.05, 0) is 57.6 Å². The van der Waals surface area contributed by atoms with E-state index in [-0.39, 0.29) is 5.82 Å². The topological polar surface area (TPSA) is 77.4 Å². The van der Waals surface area contributed by atoms with Crippen LogP contribution < -0.4 is 4.74 Å². The van der Waals surface area contributed by atoms with E-state index in [0.29, 0.717) is 24.3 Å². The second kappa shape index (κ2) is 8.86. The highest BCUT2D eigenvalue weighted by Gasteiger charge is 2.38. The lowest BCUT2D eigenvalue weighted by atomic mass is 10.1. The molecule has 0 atom stereocenters. The molecule has 0 amide bonds. The molecule has 0 aliphatic rings. The largest absolute Gasteiger partial charge is 0.493 e. The lowest BCUT2D eigenvalue weighted by molar-refractivity contribution is -0.159. The summed E-state index contributed by atoms with van der Waals surface area (Å²) < 4.78 is 53.5. The van der Waals surface area contributed by atoms with Gasteiger partial charge in [-0.15, -0.1) is 0 Å². The molecule has 0 saturated carbocycles. The Morgan fingerprint density at radius 2 is 1.73 bits per heavy atom. The molecule has 0 fully saturated rings. The van der Waals surface area contributed by atoms with Gasteiger partial charge in [-0.25, -0.2) is 0 Å². The monoisotopic (exact) mass is 424 g/mol. The van der Waals surface area contributed by atoms with Gasteiger partial charge in [-0.3, -0.25) is 0 Å². The second-order valence-corrected chi connectivity index (χ2v) is 7.33. The van der Waals surface area contributed by atoms with Gasteiger partial charge in [0, 0.05) is 24.6 Å². The van der Waals surface area contributed by atoms with E-state index < -0.39 is 12.1 Å². The third-order valence-corrected chi connectivity index (χ3v) is 4.29. The van der Waals surface area contributed by atoms with Gasteiger partial charge in [0.05, 0.1) is 12.3 Å². The lowest BCUT2D eigenvalue weighted by Crippen LogP contribution is -2.10. The zero-order chi connectivity index (χ0) is 21.9. The molecule has 1 aromatic carbocycles. The maximum atomic E-state index is 12.7. The minimum absolute atomic E-state index is 0.112. The van der Waals surface area contributed by atoms with Crippen molar-refractivity contribution in [1.82, 2.24) is 20.2 Å². The summed E-state index contributed by atoms with van der Waals surface area (Å²) in [7, 11) is 3.93. The number of ether oxygens (including phenoxy) is 1. The Labute approximate surface area is 171 Å². The maximum Gasteiger partial charge on any atom is 0.471 e. The average molecular weight is 424 g/mol. The third kappa shape index (κ3) is 5.38. The normalized spacial score (nSPS) is 12.0. The zero-order valence-corrected chi connectivity index (χ0v) is 17.2. The summed E-state index contributed by atoms with van der Waals surface area (Å²) >= 11 is 0. The molecule has 2 heterocycles. The van der Waals surface area contributed by atoms with Gasteiger partial charge in [-0.1, -0.05) is 10.3 Å². The van der Waals surface area contributed by atoms with E-state index in [1.807, 2.05) is 38.9 Å². The van der Waals surface area contributed by atoms with Crippen LogP contribution in [0.3, 0.4) is 0 Å². The molecule has 3 aromatic rings. The number of aromatic nitrogens is 3. The molecule has 7 nitrogen and oxygen atoms in total. The molecule has 2 aromatic heterocycles. The Balaban J connectivity index is 1.59. The van der Waals surface area contributed by atoms with Crippen LogP contribution in [0.2, 0.25) is 0 Å². The van der Waals surface area contributed by atoms with Crippen molar-refractivity contribution in [3.63, 3.8) is 0 Å². The Morgan fingerprint density at radius 1 is 1.03 bits per heavy atom. The number of aryl methyl sites for hydroxylation is 3. The highest BCUT2D eigenvalue weighted by Crippen LogP contribution is 2.32. The SMILES string of the molecule is Cc1cc(-c2noc(C(F)(F)F)n2)cc(C)c1OCCCc1cc(CN(C)C)no1. The molecule has 0 aliphatic heterocycles. The van der Waals surface area contributed by atoms with Crippen LogP contribution in [-0.4, -0.2) is 40.9 Å². The van der Waals surface area contributed by atoms with Crippen molar-refractivity contribution in [2.45, 2.75) is 39.4 Å². The number of nitrogens with zero attached hydrogens (tertiary/aromatic N) is 4.